The predicted octanol–water partition coefficient (Wildman–Crippen LogP) is 1.28. The Bertz CT molecular complexity index is 344. The molecule has 1 atom stereocenters. The smallest absolute Gasteiger partial charge is 0.0957 e. The van der Waals surface area contributed by atoms with E-state index < -0.39 is 6.10 Å². The highest BCUT2D eigenvalue weighted by Crippen LogP contribution is 2.19. The zero-order valence-electron chi connectivity index (χ0n) is 10.6. The number of piperazine rings is 1. The van der Waals surface area contributed by atoms with Gasteiger partial charge in [-0.3, -0.25) is 4.98 Å². The summed E-state index contributed by atoms with van der Waals surface area (Å²) < 4.78 is 0. The predicted molar refractivity (Wildman–Crippen MR) is 69.2 cm³/mol. The monoisotopic (exact) mass is 235 g/mol. The van der Waals surface area contributed by atoms with Crippen molar-refractivity contribution in [2.24, 2.45) is 0 Å². The van der Waals surface area contributed by atoms with Crippen molar-refractivity contribution in [2.45, 2.75) is 19.4 Å². The third-order valence-electron chi connectivity index (χ3n) is 3.37. The quantitative estimate of drug-likeness (QED) is 0.856. The van der Waals surface area contributed by atoms with Gasteiger partial charge in [0.05, 0.1) is 23.7 Å². The SMILES string of the molecule is CC[C@@H](O)c1ccc(N2CCN(C)CC2)cn1. The first-order chi connectivity index (χ1) is 8.20. The zero-order valence-corrected chi connectivity index (χ0v) is 10.6. The highest BCUT2D eigenvalue weighted by molar-refractivity contribution is 5.45. The van der Waals surface area contributed by atoms with E-state index in [-0.39, 0.29) is 0 Å². The van der Waals surface area contributed by atoms with Gasteiger partial charge in [-0.05, 0) is 25.6 Å². The summed E-state index contributed by atoms with van der Waals surface area (Å²) in [6.45, 7) is 6.25. The van der Waals surface area contributed by atoms with Crippen LogP contribution >= 0.6 is 0 Å². The number of nitrogens with zero attached hydrogens (tertiary/aromatic N) is 3. The highest BCUT2D eigenvalue weighted by atomic mass is 16.3. The van der Waals surface area contributed by atoms with Crippen molar-refractivity contribution in [3.05, 3.63) is 24.0 Å². The third-order valence-corrected chi connectivity index (χ3v) is 3.37. The lowest BCUT2D eigenvalue weighted by Crippen LogP contribution is -2.44. The molecule has 1 aromatic rings. The van der Waals surface area contributed by atoms with Crippen LogP contribution in [0.15, 0.2) is 18.3 Å². The normalized spacial score (nSPS) is 19.4. The van der Waals surface area contributed by atoms with E-state index in [0.29, 0.717) is 6.42 Å². The number of aliphatic hydroxyl groups is 1. The van der Waals surface area contributed by atoms with E-state index >= 15 is 0 Å². The third kappa shape index (κ3) is 2.96. The minimum absolute atomic E-state index is 0.434. The maximum Gasteiger partial charge on any atom is 0.0957 e. The van der Waals surface area contributed by atoms with Gasteiger partial charge in [0.15, 0.2) is 0 Å². The number of rotatable bonds is 3. The molecule has 1 fully saturated rings. The maximum absolute atomic E-state index is 9.68. The van der Waals surface area contributed by atoms with Gasteiger partial charge in [-0.2, -0.15) is 0 Å². The van der Waals surface area contributed by atoms with Gasteiger partial charge in [0.2, 0.25) is 0 Å². The molecule has 4 nitrogen and oxygen atoms in total. The second-order valence-electron chi connectivity index (χ2n) is 4.66. The molecule has 4 heteroatoms. The van der Waals surface area contributed by atoms with Gasteiger partial charge in [-0.15, -0.1) is 0 Å². The van der Waals surface area contributed by atoms with Crippen LogP contribution in [0.5, 0.6) is 0 Å². The molecule has 0 aliphatic carbocycles. The van der Waals surface area contributed by atoms with Crippen LogP contribution in [0.4, 0.5) is 5.69 Å². The summed E-state index contributed by atoms with van der Waals surface area (Å²) in [4.78, 5) is 9.01. The fourth-order valence-electron chi connectivity index (χ4n) is 2.06. The van der Waals surface area contributed by atoms with Crippen molar-refractivity contribution in [3.63, 3.8) is 0 Å². The number of hydrogen-bond donors (Lipinski definition) is 1. The Balaban J connectivity index is 2.02. The zero-order chi connectivity index (χ0) is 12.3. The Labute approximate surface area is 103 Å². The summed E-state index contributed by atoms with van der Waals surface area (Å²) in [6, 6.07) is 3.99. The number of aliphatic hydroxyl groups excluding tert-OH is 1. The van der Waals surface area contributed by atoms with E-state index in [0.717, 1.165) is 37.6 Å². The van der Waals surface area contributed by atoms with Crippen LogP contribution in [0.3, 0.4) is 0 Å². The first-order valence-electron chi connectivity index (χ1n) is 6.28. The van der Waals surface area contributed by atoms with Crippen molar-refractivity contribution < 1.29 is 5.11 Å². The Morgan fingerprint density at radius 2 is 2.00 bits per heavy atom. The van der Waals surface area contributed by atoms with Crippen molar-refractivity contribution >= 4 is 5.69 Å². The van der Waals surface area contributed by atoms with Crippen LogP contribution in [0.2, 0.25) is 0 Å². The molecule has 1 aliphatic heterocycles. The molecule has 0 amide bonds. The topological polar surface area (TPSA) is 39.6 Å². The van der Waals surface area contributed by atoms with Crippen LogP contribution in [0.25, 0.3) is 0 Å². The number of aromatic nitrogens is 1. The molecule has 0 radical (unpaired) electrons. The second-order valence-corrected chi connectivity index (χ2v) is 4.66. The average Bonchev–Trinajstić information content (AvgIpc) is 2.39. The van der Waals surface area contributed by atoms with Crippen molar-refractivity contribution in [3.8, 4) is 0 Å². The molecule has 17 heavy (non-hydrogen) atoms. The van der Waals surface area contributed by atoms with Gasteiger partial charge in [0.25, 0.3) is 0 Å². The van der Waals surface area contributed by atoms with Gasteiger partial charge >= 0.3 is 0 Å². The molecule has 0 spiro atoms. The van der Waals surface area contributed by atoms with Gasteiger partial charge in [-0.1, -0.05) is 6.92 Å². The Morgan fingerprint density at radius 1 is 1.29 bits per heavy atom. The standard InChI is InChI=1S/C13H21N3O/c1-3-13(17)12-5-4-11(10-14-12)16-8-6-15(2)7-9-16/h4-5,10,13,17H,3,6-9H2,1-2H3/t13-/m1/s1. The minimum atomic E-state index is -0.434. The number of anilines is 1. The summed E-state index contributed by atoms with van der Waals surface area (Å²) in [5.74, 6) is 0. The largest absolute Gasteiger partial charge is 0.387 e. The molecule has 1 aromatic heterocycles. The number of likely N-dealkylation sites (N-methyl/N-ethyl adjacent to an activating group) is 1. The summed E-state index contributed by atoms with van der Waals surface area (Å²) in [7, 11) is 2.15. The fraction of sp³-hybridized carbons (Fsp3) is 0.615. The van der Waals surface area contributed by atoms with E-state index in [2.05, 4.69) is 27.9 Å². The average molecular weight is 235 g/mol. The Morgan fingerprint density at radius 3 is 2.53 bits per heavy atom. The number of hydrogen-bond acceptors (Lipinski definition) is 4. The lowest BCUT2D eigenvalue weighted by atomic mass is 10.2. The first kappa shape index (κ1) is 12.3. The van der Waals surface area contributed by atoms with Gasteiger partial charge in [-0.25, -0.2) is 0 Å². The van der Waals surface area contributed by atoms with Crippen LogP contribution in [-0.4, -0.2) is 48.2 Å². The van der Waals surface area contributed by atoms with Gasteiger partial charge < -0.3 is 14.9 Å². The Kier molecular flexibility index (Phi) is 3.97. The van der Waals surface area contributed by atoms with E-state index in [1.807, 2.05) is 19.2 Å². The van der Waals surface area contributed by atoms with Crippen LogP contribution in [-0.2, 0) is 0 Å². The number of pyridine rings is 1. The summed E-state index contributed by atoms with van der Waals surface area (Å²) in [5, 5.41) is 9.68. The molecular weight excluding hydrogens is 214 g/mol. The Hall–Kier alpha value is -1.13. The van der Waals surface area contributed by atoms with Crippen LogP contribution < -0.4 is 4.90 Å². The summed E-state index contributed by atoms with van der Waals surface area (Å²) in [6.07, 6.45) is 2.15. The van der Waals surface area contributed by atoms with Crippen LogP contribution in [0, 0.1) is 0 Å². The van der Waals surface area contributed by atoms with Crippen molar-refractivity contribution in [1.29, 1.82) is 0 Å². The van der Waals surface area contributed by atoms with Crippen molar-refractivity contribution in [1.82, 2.24) is 9.88 Å². The minimum Gasteiger partial charge on any atom is -0.387 e. The van der Waals surface area contributed by atoms with Gasteiger partial charge in [0, 0.05) is 26.2 Å². The molecule has 0 unspecified atom stereocenters. The first-order valence-corrected chi connectivity index (χ1v) is 6.28. The maximum atomic E-state index is 9.68. The second kappa shape index (κ2) is 5.47. The van der Waals surface area contributed by atoms with Crippen molar-refractivity contribution in [2.75, 3.05) is 38.1 Å². The molecule has 94 valence electrons. The molecule has 2 heterocycles. The summed E-state index contributed by atoms with van der Waals surface area (Å²) >= 11 is 0. The lowest BCUT2D eigenvalue weighted by Gasteiger charge is -2.33. The lowest BCUT2D eigenvalue weighted by molar-refractivity contribution is 0.169. The molecule has 2 rings (SSSR count). The molecule has 1 N–H and O–H groups in total. The molecule has 0 saturated carbocycles. The molecular formula is C13H21N3O. The van der Waals surface area contributed by atoms with E-state index in [9.17, 15) is 5.11 Å². The van der Waals surface area contributed by atoms with Gasteiger partial charge in [0.1, 0.15) is 0 Å². The fourth-order valence-corrected chi connectivity index (χ4v) is 2.06. The summed E-state index contributed by atoms with van der Waals surface area (Å²) in [5.41, 5.74) is 1.93. The van der Waals surface area contributed by atoms with E-state index in [1.54, 1.807) is 0 Å². The highest BCUT2D eigenvalue weighted by Gasteiger charge is 2.15. The molecule has 1 saturated heterocycles. The molecule has 1 aliphatic rings. The van der Waals surface area contributed by atoms with Crippen LogP contribution in [0.1, 0.15) is 25.1 Å². The van der Waals surface area contributed by atoms with E-state index in [1.165, 1.54) is 0 Å². The van der Waals surface area contributed by atoms with E-state index in [4.69, 9.17) is 0 Å². The molecule has 0 aromatic carbocycles. The molecule has 0 bridgehead atoms.